The number of amides is 1. The van der Waals surface area contributed by atoms with Crippen molar-refractivity contribution in [2.75, 3.05) is 0 Å². The van der Waals surface area contributed by atoms with Crippen molar-refractivity contribution in [2.45, 2.75) is 50.8 Å². The fraction of sp³-hybridized carbons (Fsp3) is 0.533. The van der Waals surface area contributed by atoms with E-state index in [0.717, 1.165) is 31.2 Å². The number of hydrogen-bond acceptors (Lipinski definition) is 3. The summed E-state index contributed by atoms with van der Waals surface area (Å²) in [6.45, 7) is 1.87. The Bertz CT molecular complexity index is 483. The molecule has 0 bridgehead atoms. The van der Waals surface area contributed by atoms with E-state index in [1.54, 1.807) is 12.1 Å². The van der Waals surface area contributed by atoms with Gasteiger partial charge in [-0.2, -0.15) is 0 Å². The normalized spacial score (nSPS) is 24.2. The Morgan fingerprint density at radius 1 is 1.40 bits per heavy atom. The zero-order chi connectivity index (χ0) is 14.7. The molecule has 1 saturated carbocycles. The summed E-state index contributed by atoms with van der Waals surface area (Å²) in [5, 5.41) is 12.9. The number of nitrogens with one attached hydrogen (secondary N) is 1. The van der Waals surface area contributed by atoms with Gasteiger partial charge in [-0.1, -0.05) is 17.7 Å². The lowest BCUT2D eigenvalue weighted by molar-refractivity contribution is 0.0868. The molecule has 1 aromatic rings. The molecule has 4 nitrogen and oxygen atoms in total. The van der Waals surface area contributed by atoms with Gasteiger partial charge >= 0.3 is 0 Å². The monoisotopic (exact) mass is 296 g/mol. The van der Waals surface area contributed by atoms with Crippen LogP contribution in [0.5, 0.6) is 0 Å². The van der Waals surface area contributed by atoms with Gasteiger partial charge in [-0.3, -0.25) is 4.79 Å². The predicted molar refractivity (Wildman–Crippen MR) is 79.8 cm³/mol. The molecule has 1 aliphatic carbocycles. The molecule has 20 heavy (non-hydrogen) atoms. The lowest BCUT2D eigenvalue weighted by Gasteiger charge is -2.26. The van der Waals surface area contributed by atoms with E-state index in [0.29, 0.717) is 10.6 Å². The number of hydrogen-bond donors (Lipinski definition) is 3. The summed E-state index contributed by atoms with van der Waals surface area (Å²) < 4.78 is 0. The highest BCUT2D eigenvalue weighted by Gasteiger charge is 2.22. The summed E-state index contributed by atoms with van der Waals surface area (Å²) in [6, 6.07) is 5.30. The Hall–Kier alpha value is -1.10. The van der Waals surface area contributed by atoms with Gasteiger partial charge in [0.25, 0.3) is 5.91 Å². The van der Waals surface area contributed by atoms with Gasteiger partial charge in [-0.15, -0.1) is 0 Å². The molecule has 1 amide bonds. The molecule has 1 fully saturated rings. The number of carbonyl (C=O) groups excluding carboxylic acids is 1. The summed E-state index contributed by atoms with van der Waals surface area (Å²) in [5.41, 5.74) is 7.17. The van der Waals surface area contributed by atoms with Crippen molar-refractivity contribution in [3.8, 4) is 0 Å². The summed E-state index contributed by atoms with van der Waals surface area (Å²) >= 11 is 6.15. The van der Waals surface area contributed by atoms with Crippen LogP contribution in [0.2, 0.25) is 5.02 Å². The maximum Gasteiger partial charge on any atom is 0.253 e. The van der Waals surface area contributed by atoms with Crippen molar-refractivity contribution in [1.82, 2.24) is 5.32 Å². The number of carbonyl (C=O) groups is 1. The third-order valence-electron chi connectivity index (χ3n) is 3.80. The number of aliphatic hydroxyl groups excluding tert-OH is 1. The Balaban J connectivity index is 2.02. The molecule has 1 aliphatic rings. The Labute approximate surface area is 124 Å². The molecule has 0 heterocycles. The molecule has 0 unspecified atom stereocenters. The molecule has 4 N–H and O–H groups in total. The highest BCUT2D eigenvalue weighted by Crippen LogP contribution is 2.23. The number of aliphatic hydroxyl groups is 1. The summed E-state index contributed by atoms with van der Waals surface area (Å²) in [5.74, 6) is -0.160. The first kappa shape index (κ1) is 15.3. The first-order chi connectivity index (χ1) is 9.47. The smallest absolute Gasteiger partial charge is 0.253 e. The van der Waals surface area contributed by atoms with Crippen LogP contribution in [-0.2, 0) is 0 Å². The molecule has 0 aromatic heterocycles. The second-order valence-corrected chi connectivity index (χ2v) is 5.91. The van der Waals surface area contributed by atoms with Gasteiger partial charge in [0.05, 0.1) is 16.7 Å². The van der Waals surface area contributed by atoms with E-state index >= 15 is 0 Å². The molecular formula is C15H21ClN2O2. The van der Waals surface area contributed by atoms with E-state index in [-0.39, 0.29) is 24.1 Å². The summed E-state index contributed by atoms with van der Waals surface area (Å²) in [4.78, 5) is 12.2. The Kier molecular flexibility index (Phi) is 5.02. The highest BCUT2D eigenvalue weighted by atomic mass is 35.5. The Morgan fingerprint density at radius 3 is 2.60 bits per heavy atom. The SMILES string of the molecule is C[C@H](N)c1ccc(C(=O)NC2CCC(O)CC2)c(Cl)c1. The van der Waals surface area contributed by atoms with E-state index in [1.807, 2.05) is 13.0 Å². The number of nitrogens with two attached hydrogens (primary N) is 1. The van der Waals surface area contributed by atoms with Crippen LogP contribution in [0.4, 0.5) is 0 Å². The lowest BCUT2D eigenvalue weighted by Crippen LogP contribution is -2.38. The first-order valence-electron chi connectivity index (χ1n) is 7.01. The molecule has 0 aliphatic heterocycles. The van der Waals surface area contributed by atoms with Crippen molar-refractivity contribution >= 4 is 17.5 Å². The summed E-state index contributed by atoms with van der Waals surface area (Å²) in [6.07, 6.45) is 2.87. The van der Waals surface area contributed by atoms with Gasteiger partial charge in [0.15, 0.2) is 0 Å². The topological polar surface area (TPSA) is 75.4 Å². The fourth-order valence-corrected chi connectivity index (χ4v) is 2.76. The third kappa shape index (κ3) is 3.72. The van der Waals surface area contributed by atoms with E-state index in [9.17, 15) is 9.90 Å². The first-order valence-corrected chi connectivity index (χ1v) is 7.39. The summed E-state index contributed by atoms with van der Waals surface area (Å²) in [7, 11) is 0. The van der Waals surface area contributed by atoms with Gasteiger partial charge in [0.1, 0.15) is 0 Å². The molecule has 1 aromatic carbocycles. The minimum Gasteiger partial charge on any atom is -0.393 e. The van der Waals surface area contributed by atoms with Crippen molar-refractivity contribution in [3.63, 3.8) is 0 Å². The molecular weight excluding hydrogens is 276 g/mol. The van der Waals surface area contributed by atoms with Crippen LogP contribution in [0.25, 0.3) is 0 Å². The van der Waals surface area contributed by atoms with E-state index < -0.39 is 0 Å². The average Bonchev–Trinajstić information content (AvgIpc) is 2.41. The van der Waals surface area contributed by atoms with Crippen LogP contribution in [-0.4, -0.2) is 23.2 Å². The zero-order valence-electron chi connectivity index (χ0n) is 11.6. The average molecular weight is 297 g/mol. The van der Waals surface area contributed by atoms with Crippen LogP contribution in [0.3, 0.4) is 0 Å². The molecule has 2 rings (SSSR count). The minimum atomic E-state index is -0.225. The van der Waals surface area contributed by atoms with Gasteiger partial charge < -0.3 is 16.2 Å². The van der Waals surface area contributed by atoms with E-state index in [2.05, 4.69) is 5.32 Å². The fourth-order valence-electron chi connectivity index (χ4n) is 2.48. The zero-order valence-corrected chi connectivity index (χ0v) is 12.4. The van der Waals surface area contributed by atoms with Crippen molar-refractivity contribution < 1.29 is 9.90 Å². The highest BCUT2D eigenvalue weighted by molar-refractivity contribution is 6.33. The van der Waals surface area contributed by atoms with Crippen LogP contribution in [0.15, 0.2) is 18.2 Å². The maximum absolute atomic E-state index is 12.2. The van der Waals surface area contributed by atoms with Crippen LogP contribution < -0.4 is 11.1 Å². The third-order valence-corrected chi connectivity index (χ3v) is 4.11. The second kappa shape index (κ2) is 6.57. The molecule has 0 radical (unpaired) electrons. The number of rotatable bonds is 3. The number of halogens is 1. The van der Waals surface area contributed by atoms with Gasteiger partial charge in [0.2, 0.25) is 0 Å². The van der Waals surface area contributed by atoms with E-state index in [1.165, 1.54) is 0 Å². The van der Waals surface area contributed by atoms with Crippen LogP contribution in [0.1, 0.15) is 54.6 Å². The molecule has 0 spiro atoms. The minimum absolute atomic E-state index is 0.107. The molecule has 1 atom stereocenters. The predicted octanol–water partition coefficient (Wildman–Crippen LogP) is 2.39. The van der Waals surface area contributed by atoms with Gasteiger partial charge in [-0.25, -0.2) is 0 Å². The van der Waals surface area contributed by atoms with Gasteiger partial charge in [0, 0.05) is 12.1 Å². The van der Waals surface area contributed by atoms with E-state index in [4.69, 9.17) is 17.3 Å². The number of benzene rings is 1. The standard InChI is InChI=1S/C15H21ClN2O2/c1-9(17)10-2-7-13(14(16)8-10)15(20)18-11-3-5-12(19)6-4-11/h2,7-9,11-12,19H,3-6,17H2,1H3,(H,18,20)/t9-,11?,12?/m0/s1. The molecule has 0 saturated heterocycles. The molecule has 5 heteroatoms. The van der Waals surface area contributed by atoms with Crippen molar-refractivity contribution in [2.24, 2.45) is 5.73 Å². The lowest BCUT2D eigenvalue weighted by atomic mass is 9.93. The quantitative estimate of drug-likeness (QED) is 0.802. The van der Waals surface area contributed by atoms with Gasteiger partial charge in [-0.05, 0) is 50.3 Å². The largest absolute Gasteiger partial charge is 0.393 e. The molecule has 110 valence electrons. The second-order valence-electron chi connectivity index (χ2n) is 5.51. The Morgan fingerprint density at radius 2 is 2.05 bits per heavy atom. The maximum atomic E-state index is 12.2. The van der Waals surface area contributed by atoms with Crippen molar-refractivity contribution in [1.29, 1.82) is 0 Å². The van der Waals surface area contributed by atoms with Crippen LogP contribution >= 0.6 is 11.6 Å². The van der Waals surface area contributed by atoms with Crippen LogP contribution in [0, 0.1) is 0 Å². The van der Waals surface area contributed by atoms with Crippen molar-refractivity contribution in [3.05, 3.63) is 34.3 Å².